The van der Waals surface area contributed by atoms with Crippen molar-refractivity contribution in [2.45, 2.75) is 20.3 Å². The largest absolute Gasteiger partial charge is 0.458 e. The maximum Gasteiger partial charge on any atom is 0.417 e. The molecule has 0 saturated carbocycles. The van der Waals surface area contributed by atoms with Crippen LogP contribution in [0.1, 0.15) is 20.3 Å². The van der Waals surface area contributed by atoms with Crippen LogP contribution in [-0.4, -0.2) is 25.2 Å². The first-order chi connectivity index (χ1) is 6.22. The Morgan fingerprint density at radius 1 is 1.23 bits per heavy atom. The van der Waals surface area contributed by atoms with Gasteiger partial charge in [0.15, 0.2) is 0 Å². The Hall–Kier alpha value is -1.32. The third-order valence-electron chi connectivity index (χ3n) is 1.20. The Balaban J connectivity index is 3.56. The van der Waals surface area contributed by atoms with Crippen molar-refractivity contribution in [2.24, 2.45) is 0 Å². The number of hydrogen-bond donors (Lipinski definition) is 0. The molecule has 0 atom stereocenters. The summed E-state index contributed by atoms with van der Waals surface area (Å²) in [7, 11) is 0. The summed E-state index contributed by atoms with van der Waals surface area (Å²) in [6.45, 7) is 3.89. The smallest absolute Gasteiger partial charge is 0.417 e. The fourth-order valence-electron chi connectivity index (χ4n) is 0.635. The first-order valence-electron chi connectivity index (χ1n) is 4.17. The molecule has 0 heterocycles. The molecule has 0 amide bonds. The molecule has 4 nitrogen and oxygen atoms in total. The lowest BCUT2D eigenvalue weighted by Crippen LogP contribution is -2.20. The van der Waals surface area contributed by atoms with Crippen molar-refractivity contribution in [3.05, 3.63) is 12.2 Å². The lowest BCUT2D eigenvalue weighted by Gasteiger charge is -2.01. The van der Waals surface area contributed by atoms with Gasteiger partial charge < -0.3 is 9.47 Å². The average Bonchev–Trinajstić information content (AvgIpc) is 2.12. The number of rotatable bonds is 4. The quantitative estimate of drug-likeness (QED) is 0.285. The summed E-state index contributed by atoms with van der Waals surface area (Å²) in [4.78, 5) is 21.5. The van der Waals surface area contributed by atoms with Crippen LogP contribution in [0.3, 0.4) is 0 Å². The van der Waals surface area contributed by atoms with Crippen LogP contribution in [0.4, 0.5) is 0 Å². The van der Waals surface area contributed by atoms with Crippen molar-refractivity contribution in [1.82, 2.24) is 0 Å². The van der Waals surface area contributed by atoms with Crippen LogP contribution < -0.4 is 0 Å². The summed E-state index contributed by atoms with van der Waals surface area (Å²) in [5.74, 6) is -1.85. The van der Waals surface area contributed by atoms with Crippen LogP contribution in [0.2, 0.25) is 0 Å². The molecule has 0 aliphatic heterocycles. The molecule has 0 spiro atoms. The number of carbonyl (C=O) groups excluding carboxylic acids is 2. The normalized spacial score (nSPS) is 10.0. The van der Waals surface area contributed by atoms with E-state index in [2.05, 4.69) is 9.47 Å². The number of hydrogen-bond acceptors (Lipinski definition) is 4. The van der Waals surface area contributed by atoms with Gasteiger partial charge in [-0.3, -0.25) is 0 Å². The Labute approximate surface area is 77.5 Å². The highest BCUT2D eigenvalue weighted by Crippen LogP contribution is 1.88. The summed E-state index contributed by atoms with van der Waals surface area (Å²) in [6.07, 6.45) is 4.30. The minimum absolute atomic E-state index is 0.183. The molecule has 0 bridgehead atoms. The third kappa shape index (κ3) is 5.90. The van der Waals surface area contributed by atoms with Crippen molar-refractivity contribution in [1.29, 1.82) is 0 Å². The molecule has 0 aromatic carbocycles. The standard InChI is InChI=1S/C9H14O4/c1-3-5-6-7-13-9(11)8(10)12-4-2/h3,5H,4,6-7H2,1-2H3/b5-3+. The van der Waals surface area contributed by atoms with Gasteiger partial charge in [-0.1, -0.05) is 12.2 Å². The number of carbonyl (C=O) groups is 2. The molecule has 0 aliphatic rings. The van der Waals surface area contributed by atoms with E-state index in [1.54, 1.807) is 6.92 Å². The maximum atomic E-state index is 10.8. The van der Waals surface area contributed by atoms with Gasteiger partial charge in [-0.05, 0) is 20.3 Å². The van der Waals surface area contributed by atoms with E-state index in [-0.39, 0.29) is 13.2 Å². The molecule has 0 aromatic rings. The number of ether oxygens (including phenoxy) is 2. The monoisotopic (exact) mass is 186 g/mol. The molecule has 74 valence electrons. The lowest BCUT2D eigenvalue weighted by molar-refractivity contribution is -0.167. The van der Waals surface area contributed by atoms with E-state index in [9.17, 15) is 9.59 Å². The van der Waals surface area contributed by atoms with Gasteiger partial charge in [-0.15, -0.1) is 0 Å². The Bertz CT molecular complexity index is 196. The molecular formula is C9H14O4. The van der Waals surface area contributed by atoms with E-state index in [1.165, 1.54) is 0 Å². The zero-order chi connectivity index (χ0) is 10.1. The van der Waals surface area contributed by atoms with Gasteiger partial charge in [-0.2, -0.15) is 0 Å². The van der Waals surface area contributed by atoms with E-state index in [1.807, 2.05) is 19.1 Å². The predicted molar refractivity (Wildman–Crippen MR) is 47.0 cm³/mol. The minimum atomic E-state index is -0.928. The van der Waals surface area contributed by atoms with Gasteiger partial charge in [-0.25, -0.2) is 9.59 Å². The summed E-state index contributed by atoms with van der Waals surface area (Å²) >= 11 is 0. The zero-order valence-corrected chi connectivity index (χ0v) is 7.91. The van der Waals surface area contributed by atoms with E-state index in [4.69, 9.17) is 0 Å². The zero-order valence-electron chi connectivity index (χ0n) is 7.91. The van der Waals surface area contributed by atoms with Crippen LogP contribution in [0.15, 0.2) is 12.2 Å². The van der Waals surface area contributed by atoms with Gasteiger partial charge >= 0.3 is 11.9 Å². The summed E-state index contributed by atoms with van der Waals surface area (Å²) in [5.41, 5.74) is 0. The molecular weight excluding hydrogens is 172 g/mol. The number of esters is 2. The summed E-state index contributed by atoms with van der Waals surface area (Å²) in [5, 5.41) is 0. The van der Waals surface area contributed by atoms with Crippen molar-refractivity contribution in [3.63, 3.8) is 0 Å². The topological polar surface area (TPSA) is 52.6 Å². The van der Waals surface area contributed by atoms with Crippen LogP contribution >= 0.6 is 0 Å². The van der Waals surface area contributed by atoms with Crippen molar-refractivity contribution >= 4 is 11.9 Å². The molecule has 0 rings (SSSR count). The summed E-state index contributed by atoms with van der Waals surface area (Å²) < 4.78 is 9.02. The van der Waals surface area contributed by atoms with Crippen LogP contribution in [0.25, 0.3) is 0 Å². The second-order valence-corrected chi connectivity index (χ2v) is 2.21. The highest BCUT2D eigenvalue weighted by Gasteiger charge is 2.15. The predicted octanol–water partition coefficient (Wildman–Crippen LogP) is 1.06. The van der Waals surface area contributed by atoms with Crippen LogP contribution in [0.5, 0.6) is 0 Å². The minimum Gasteiger partial charge on any atom is -0.458 e. The van der Waals surface area contributed by atoms with Crippen molar-refractivity contribution in [3.8, 4) is 0 Å². The van der Waals surface area contributed by atoms with E-state index in [0.29, 0.717) is 6.42 Å². The van der Waals surface area contributed by atoms with E-state index >= 15 is 0 Å². The molecule has 0 aromatic heterocycles. The van der Waals surface area contributed by atoms with Gasteiger partial charge in [0.1, 0.15) is 0 Å². The van der Waals surface area contributed by atoms with Gasteiger partial charge in [0, 0.05) is 0 Å². The molecule has 13 heavy (non-hydrogen) atoms. The SMILES string of the molecule is C/C=C/CCOC(=O)C(=O)OCC. The highest BCUT2D eigenvalue weighted by molar-refractivity contribution is 6.29. The molecule has 0 unspecified atom stereocenters. The first-order valence-corrected chi connectivity index (χ1v) is 4.17. The van der Waals surface area contributed by atoms with E-state index in [0.717, 1.165) is 0 Å². The molecule has 0 aliphatic carbocycles. The number of allylic oxidation sites excluding steroid dienone is 1. The van der Waals surface area contributed by atoms with Crippen molar-refractivity contribution in [2.75, 3.05) is 13.2 Å². The van der Waals surface area contributed by atoms with Gasteiger partial charge in [0.2, 0.25) is 0 Å². The fourth-order valence-corrected chi connectivity index (χ4v) is 0.635. The summed E-state index contributed by atoms with van der Waals surface area (Å²) in [6, 6.07) is 0. The third-order valence-corrected chi connectivity index (χ3v) is 1.20. The Morgan fingerprint density at radius 2 is 1.85 bits per heavy atom. The first kappa shape index (κ1) is 11.7. The van der Waals surface area contributed by atoms with Gasteiger partial charge in [0.05, 0.1) is 13.2 Å². The molecule has 0 radical (unpaired) electrons. The molecule has 0 fully saturated rings. The van der Waals surface area contributed by atoms with E-state index < -0.39 is 11.9 Å². The maximum absolute atomic E-state index is 10.8. The van der Waals surface area contributed by atoms with Gasteiger partial charge in [0.25, 0.3) is 0 Å². The Morgan fingerprint density at radius 3 is 2.38 bits per heavy atom. The van der Waals surface area contributed by atoms with Crippen molar-refractivity contribution < 1.29 is 19.1 Å². The lowest BCUT2D eigenvalue weighted by atomic mass is 10.4. The molecule has 0 saturated heterocycles. The fraction of sp³-hybridized carbons (Fsp3) is 0.556. The van der Waals surface area contributed by atoms with Crippen LogP contribution in [0, 0.1) is 0 Å². The molecule has 4 heteroatoms. The second-order valence-electron chi connectivity index (χ2n) is 2.21. The highest BCUT2D eigenvalue weighted by atomic mass is 16.6. The Kier molecular flexibility index (Phi) is 6.59. The molecule has 0 N–H and O–H groups in total. The average molecular weight is 186 g/mol. The van der Waals surface area contributed by atoms with Crippen LogP contribution in [-0.2, 0) is 19.1 Å². The second kappa shape index (κ2) is 7.34.